The summed E-state index contributed by atoms with van der Waals surface area (Å²) in [5, 5.41) is 2.80. The quantitative estimate of drug-likeness (QED) is 0.578. The zero-order valence-electron chi connectivity index (χ0n) is 14.8. The molecule has 0 bridgehead atoms. The molecule has 138 valence electrons. The third kappa shape index (κ3) is 4.77. The first-order valence-corrected chi connectivity index (χ1v) is 8.75. The third-order valence-electron chi connectivity index (χ3n) is 4.26. The molecule has 1 fully saturated rings. The van der Waals surface area contributed by atoms with E-state index in [0.29, 0.717) is 30.3 Å². The molecule has 7 heteroatoms. The van der Waals surface area contributed by atoms with E-state index in [1.807, 2.05) is 0 Å². The van der Waals surface area contributed by atoms with Gasteiger partial charge >= 0.3 is 0 Å². The van der Waals surface area contributed by atoms with Gasteiger partial charge in [-0.25, -0.2) is 4.98 Å². The van der Waals surface area contributed by atoms with E-state index in [1.54, 1.807) is 48.3 Å². The lowest BCUT2D eigenvalue weighted by atomic mass is 10.1. The van der Waals surface area contributed by atoms with Crippen LogP contribution < -0.4 is 5.32 Å². The highest BCUT2D eigenvalue weighted by Gasteiger charge is 2.16. The van der Waals surface area contributed by atoms with Crippen LogP contribution in [0.2, 0.25) is 0 Å². The van der Waals surface area contributed by atoms with Gasteiger partial charge in [0, 0.05) is 37.3 Å². The summed E-state index contributed by atoms with van der Waals surface area (Å²) in [5.74, 6) is 0.101. The van der Waals surface area contributed by atoms with Crippen LogP contribution in [0.25, 0.3) is 0 Å². The van der Waals surface area contributed by atoms with Gasteiger partial charge in [-0.15, -0.1) is 0 Å². The Morgan fingerprint density at radius 1 is 1.35 bits per heavy atom. The fourth-order valence-corrected chi connectivity index (χ4v) is 2.80. The number of rotatable bonds is 8. The molecule has 0 saturated carbocycles. The Balaban J connectivity index is 1.44. The van der Waals surface area contributed by atoms with Crippen LogP contribution in [0, 0.1) is 0 Å². The maximum Gasteiger partial charge on any atom is 0.228 e. The van der Waals surface area contributed by atoms with E-state index in [4.69, 9.17) is 9.47 Å². The summed E-state index contributed by atoms with van der Waals surface area (Å²) in [5.41, 5.74) is 1.17. The topological polar surface area (TPSA) is 82.5 Å². The normalized spacial score (nSPS) is 16.6. The van der Waals surface area contributed by atoms with Gasteiger partial charge in [-0.3, -0.25) is 9.59 Å². The first-order chi connectivity index (χ1) is 12.6. The van der Waals surface area contributed by atoms with E-state index in [9.17, 15) is 9.59 Å². The predicted molar refractivity (Wildman–Crippen MR) is 96.1 cm³/mol. The van der Waals surface area contributed by atoms with Crippen LogP contribution in [-0.4, -0.2) is 47.2 Å². The minimum Gasteiger partial charge on any atom is -0.378 e. The third-order valence-corrected chi connectivity index (χ3v) is 4.26. The number of ketones is 1. The number of carbonyl (C=O) groups is 2. The highest BCUT2D eigenvalue weighted by molar-refractivity contribution is 6.07. The number of amides is 1. The van der Waals surface area contributed by atoms with Crippen molar-refractivity contribution in [3.63, 3.8) is 0 Å². The number of benzene rings is 1. The lowest BCUT2D eigenvalue weighted by Gasteiger charge is -2.10. The van der Waals surface area contributed by atoms with Gasteiger partial charge < -0.3 is 19.4 Å². The number of carbonyl (C=O) groups excluding carboxylic acids is 2. The van der Waals surface area contributed by atoms with E-state index in [1.165, 1.54) is 0 Å². The summed E-state index contributed by atoms with van der Waals surface area (Å²) < 4.78 is 12.6. The molecule has 1 aliphatic rings. The Kier molecular flexibility index (Phi) is 6.14. The molecule has 0 radical (unpaired) electrons. The average molecular weight is 357 g/mol. The molecule has 1 saturated heterocycles. The van der Waals surface area contributed by atoms with Gasteiger partial charge in [0.05, 0.1) is 25.7 Å². The van der Waals surface area contributed by atoms with Crippen molar-refractivity contribution in [1.82, 2.24) is 9.55 Å². The summed E-state index contributed by atoms with van der Waals surface area (Å²) in [6, 6.07) is 6.78. The summed E-state index contributed by atoms with van der Waals surface area (Å²) in [6.45, 7) is 1.70. The van der Waals surface area contributed by atoms with Crippen molar-refractivity contribution in [2.45, 2.75) is 25.4 Å². The molecule has 1 aliphatic heterocycles. The van der Waals surface area contributed by atoms with E-state index in [2.05, 4.69) is 10.3 Å². The van der Waals surface area contributed by atoms with Crippen molar-refractivity contribution in [3.8, 4) is 0 Å². The molecular formula is C19H23N3O4. The van der Waals surface area contributed by atoms with Gasteiger partial charge in [0.1, 0.15) is 0 Å². The number of aromatic nitrogens is 2. The smallest absolute Gasteiger partial charge is 0.228 e. The Labute approximate surface area is 152 Å². The predicted octanol–water partition coefficient (Wildman–Crippen LogP) is 2.18. The summed E-state index contributed by atoms with van der Waals surface area (Å²) in [6.07, 6.45) is 5.86. The Morgan fingerprint density at radius 3 is 2.81 bits per heavy atom. The Hall–Kier alpha value is -2.51. The second-order valence-corrected chi connectivity index (χ2v) is 6.28. The first kappa shape index (κ1) is 18.3. The monoisotopic (exact) mass is 357 g/mol. The number of hydrogen-bond acceptors (Lipinski definition) is 5. The standard InChI is InChI=1S/C19H23N3O4/c1-22-10-9-20-19(22)18(24)14-4-6-15(7-5-14)21-17(23)8-12-25-13-16-3-2-11-26-16/h4-7,9-10,16H,2-3,8,11-13H2,1H3,(H,21,23). The molecule has 2 aromatic rings. The first-order valence-electron chi connectivity index (χ1n) is 8.75. The maximum absolute atomic E-state index is 12.3. The van der Waals surface area contributed by atoms with Crippen LogP contribution in [-0.2, 0) is 21.3 Å². The number of nitrogens with zero attached hydrogens (tertiary/aromatic N) is 2. The minimum absolute atomic E-state index is 0.125. The van der Waals surface area contributed by atoms with Gasteiger partial charge in [-0.05, 0) is 37.1 Å². The highest BCUT2D eigenvalue weighted by Crippen LogP contribution is 2.14. The molecule has 1 amide bonds. The van der Waals surface area contributed by atoms with Gasteiger partial charge in [0.15, 0.2) is 5.82 Å². The zero-order chi connectivity index (χ0) is 18.4. The molecule has 1 N–H and O–H groups in total. The molecule has 0 aliphatic carbocycles. The summed E-state index contributed by atoms with van der Waals surface area (Å²) in [4.78, 5) is 28.4. The molecule has 1 aromatic carbocycles. The molecule has 0 spiro atoms. The van der Waals surface area contributed by atoms with Crippen molar-refractivity contribution in [1.29, 1.82) is 0 Å². The second kappa shape index (κ2) is 8.73. The van der Waals surface area contributed by atoms with Gasteiger partial charge in [-0.2, -0.15) is 0 Å². The lowest BCUT2D eigenvalue weighted by Crippen LogP contribution is -2.18. The Bertz CT molecular complexity index is 748. The fraction of sp³-hybridized carbons (Fsp3) is 0.421. The van der Waals surface area contributed by atoms with Crippen LogP contribution in [0.15, 0.2) is 36.7 Å². The number of nitrogens with one attached hydrogen (secondary N) is 1. The van der Waals surface area contributed by atoms with Crippen molar-refractivity contribution >= 4 is 17.4 Å². The van der Waals surface area contributed by atoms with Crippen molar-refractivity contribution in [3.05, 3.63) is 48.0 Å². The average Bonchev–Trinajstić information content (AvgIpc) is 3.30. The maximum atomic E-state index is 12.3. The molecular weight excluding hydrogens is 334 g/mol. The SMILES string of the molecule is Cn1ccnc1C(=O)c1ccc(NC(=O)CCOCC2CCCO2)cc1. The second-order valence-electron chi connectivity index (χ2n) is 6.28. The number of ether oxygens (including phenoxy) is 2. The van der Waals surface area contributed by atoms with E-state index in [-0.39, 0.29) is 24.2 Å². The van der Waals surface area contributed by atoms with Crippen LogP contribution in [0.4, 0.5) is 5.69 Å². The van der Waals surface area contributed by atoms with Gasteiger partial charge in [-0.1, -0.05) is 0 Å². The molecule has 1 aromatic heterocycles. The van der Waals surface area contributed by atoms with E-state index in [0.717, 1.165) is 19.4 Å². The molecule has 1 atom stereocenters. The van der Waals surface area contributed by atoms with Gasteiger partial charge in [0.2, 0.25) is 11.7 Å². The molecule has 2 heterocycles. The van der Waals surface area contributed by atoms with Crippen molar-refractivity contribution in [2.24, 2.45) is 7.05 Å². The summed E-state index contributed by atoms with van der Waals surface area (Å²) in [7, 11) is 1.77. The number of aryl methyl sites for hydroxylation is 1. The van der Waals surface area contributed by atoms with Crippen molar-refractivity contribution in [2.75, 3.05) is 25.1 Å². The van der Waals surface area contributed by atoms with Crippen LogP contribution in [0.5, 0.6) is 0 Å². The molecule has 1 unspecified atom stereocenters. The van der Waals surface area contributed by atoms with Gasteiger partial charge in [0.25, 0.3) is 0 Å². The van der Waals surface area contributed by atoms with E-state index < -0.39 is 0 Å². The lowest BCUT2D eigenvalue weighted by molar-refractivity contribution is -0.117. The van der Waals surface area contributed by atoms with Crippen LogP contribution in [0.3, 0.4) is 0 Å². The van der Waals surface area contributed by atoms with Crippen LogP contribution in [0.1, 0.15) is 35.4 Å². The summed E-state index contributed by atoms with van der Waals surface area (Å²) >= 11 is 0. The fourth-order valence-electron chi connectivity index (χ4n) is 2.80. The molecule has 3 rings (SSSR count). The number of anilines is 1. The Morgan fingerprint density at radius 2 is 2.15 bits per heavy atom. The molecule has 7 nitrogen and oxygen atoms in total. The number of imidazole rings is 1. The van der Waals surface area contributed by atoms with Crippen LogP contribution >= 0.6 is 0 Å². The van der Waals surface area contributed by atoms with E-state index >= 15 is 0 Å². The minimum atomic E-state index is -0.155. The highest BCUT2D eigenvalue weighted by atomic mass is 16.5. The van der Waals surface area contributed by atoms with Crippen molar-refractivity contribution < 1.29 is 19.1 Å². The zero-order valence-corrected chi connectivity index (χ0v) is 14.8. The number of hydrogen-bond donors (Lipinski definition) is 1. The molecule has 26 heavy (non-hydrogen) atoms. The largest absolute Gasteiger partial charge is 0.378 e.